The predicted molar refractivity (Wildman–Crippen MR) is 91.5 cm³/mol. The summed E-state index contributed by atoms with van der Waals surface area (Å²) in [4.78, 5) is 25.6. The third-order valence-corrected chi connectivity index (χ3v) is 3.99. The zero-order chi connectivity index (χ0) is 17.5. The molecule has 130 valence electrons. The molecule has 2 amide bonds. The highest BCUT2D eigenvalue weighted by atomic mass is 32.1. The van der Waals surface area contributed by atoms with E-state index < -0.39 is 0 Å². The van der Waals surface area contributed by atoms with Crippen LogP contribution in [-0.2, 0) is 16.0 Å². The molecule has 1 N–H and O–H groups in total. The Kier molecular flexibility index (Phi) is 6.48. The van der Waals surface area contributed by atoms with Gasteiger partial charge >= 0.3 is 0 Å². The van der Waals surface area contributed by atoms with E-state index in [1.807, 2.05) is 37.6 Å². The van der Waals surface area contributed by atoms with Crippen LogP contribution in [0.2, 0.25) is 0 Å². The zero-order valence-corrected chi connectivity index (χ0v) is 14.9. The van der Waals surface area contributed by atoms with Crippen molar-refractivity contribution in [2.75, 3.05) is 13.1 Å². The third-order valence-electron chi connectivity index (χ3n) is 3.31. The predicted octanol–water partition coefficient (Wildman–Crippen LogP) is 2.10. The molecule has 0 unspecified atom stereocenters. The quantitative estimate of drug-likeness (QED) is 0.788. The first-order valence-electron chi connectivity index (χ1n) is 7.91. The Morgan fingerprint density at radius 3 is 2.79 bits per heavy atom. The Morgan fingerprint density at radius 2 is 2.17 bits per heavy atom. The van der Waals surface area contributed by atoms with Gasteiger partial charge in [0.25, 0.3) is 0 Å². The normalized spacial score (nSPS) is 10.8. The number of carbonyl (C=O) groups is 2. The maximum Gasteiger partial charge on any atom is 0.248 e. The number of hydrogen-bond acceptors (Lipinski definition) is 6. The van der Waals surface area contributed by atoms with Crippen molar-refractivity contribution in [3.8, 4) is 11.5 Å². The van der Waals surface area contributed by atoms with Gasteiger partial charge in [0.15, 0.2) is 0 Å². The van der Waals surface area contributed by atoms with E-state index in [0.717, 1.165) is 5.56 Å². The van der Waals surface area contributed by atoms with Gasteiger partial charge in [0.2, 0.25) is 23.6 Å². The van der Waals surface area contributed by atoms with Crippen LogP contribution < -0.4 is 5.32 Å². The number of likely N-dealkylation sites (N-methyl/N-ethyl adjacent to an activating group) is 1. The van der Waals surface area contributed by atoms with E-state index in [4.69, 9.17) is 4.42 Å². The maximum atomic E-state index is 12.3. The van der Waals surface area contributed by atoms with E-state index in [0.29, 0.717) is 24.7 Å². The van der Waals surface area contributed by atoms with Crippen LogP contribution in [0, 0.1) is 0 Å². The molecule has 2 aromatic heterocycles. The molecular formula is C16H22N4O3S. The molecule has 0 aliphatic rings. The van der Waals surface area contributed by atoms with E-state index in [1.54, 1.807) is 11.3 Å². The molecule has 2 aromatic rings. The summed E-state index contributed by atoms with van der Waals surface area (Å²) in [7, 11) is 0. The monoisotopic (exact) mass is 350 g/mol. The number of aromatic nitrogens is 2. The first-order valence-corrected chi connectivity index (χ1v) is 8.86. The van der Waals surface area contributed by atoms with Crippen LogP contribution >= 0.6 is 11.3 Å². The summed E-state index contributed by atoms with van der Waals surface area (Å²) in [5.41, 5.74) is 0.880. The fourth-order valence-electron chi connectivity index (χ4n) is 2.15. The van der Waals surface area contributed by atoms with Crippen molar-refractivity contribution in [3.05, 3.63) is 22.7 Å². The maximum absolute atomic E-state index is 12.3. The van der Waals surface area contributed by atoms with Gasteiger partial charge in [-0.3, -0.25) is 9.59 Å². The molecule has 2 heterocycles. The summed E-state index contributed by atoms with van der Waals surface area (Å²) in [6.45, 7) is 6.17. The number of aryl methyl sites for hydroxylation is 1. The minimum Gasteiger partial charge on any atom is -0.421 e. The van der Waals surface area contributed by atoms with Crippen molar-refractivity contribution in [2.45, 2.75) is 39.7 Å². The van der Waals surface area contributed by atoms with Crippen molar-refractivity contribution < 1.29 is 14.0 Å². The molecule has 0 bridgehead atoms. The van der Waals surface area contributed by atoms with Gasteiger partial charge in [0, 0.05) is 36.4 Å². The van der Waals surface area contributed by atoms with Crippen molar-refractivity contribution >= 4 is 23.2 Å². The molecule has 0 spiro atoms. The Balaban J connectivity index is 1.86. The van der Waals surface area contributed by atoms with Crippen molar-refractivity contribution in [1.82, 2.24) is 20.4 Å². The molecule has 0 aliphatic heterocycles. The average Bonchev–Trinajstić information content (AvgIpc) is 3.20. The number of amides is 2. The molecule has 0 radical (unpaired) electrons. The van der Waals surface area contributed by atoms with Crippen LogP contribution in [0.1, 0.15) is 33.1 Å². The molecule has 0 aliphatic carbocycles. The van der Waals surface area contributed by atoms with Gasteiger partial charge in [-0.15, -0.1) is 10.2 Å². The summed E-state index contributed by atoms with van der Waals surface area (Å²) in [5, 5.41) is 14.6. The van der Waals surface area contributed by atoms with Gasteiger partial charge in [-0.25, -0.2) is 0 Å². The average molecular weight is 350 g/mol. The fourth-order valence-corrected chi connectivity index (χ4v) is 2.78. The first-order chi connectivity index (χ1) is 11.5. The molecule has 7 nitrogen and oxygen atoms in total. The second-order valence-corrected chi connectivity index (χ2v) is 6.42. The van der Waals surface area contributed by atoms with Gasteiger partial charge in [0.1, 0.15) is 0 Å². The molecule has 0 fully saturated rings. The summed E-state index contributed by atoms with van der Waals surface area (Å²) < 4.78 is 5.56. The van der Waals surface area contributed by atoms with Crippen LogP contribution in [-0.4, -0.2) is 46.0 Å². The highest BCUT2D eigenvalue weighted by Crippen LogP contribution is 2.20. The van der Waals surface area contributed by atoms with Crippen molar-refractivity contribution in [2.24, 2.45) is 0 Å². The highest BCUT2D eigenvalue weighted by Gasteiger charge is 2.17. The van der Waals surface area contributed by atoms with Gasteiger partial charge in [-0.1, -0.05) is 0 Å². The Hall–Kier alpha value is -2.22. The molecule has 24 heavy (non-hydrogen) atoms. The van der Waals surface area contributed by atoms with Crippen LogP contribution in [0.3, 0.4) is 0 Å². The van der Waals surface area contributed by atoms with Gasteiger partial charge < -0.3 is 14.6 Å². The molecular weight excluding hydrogens is 328 g/mol. The number of thiophene rings is 1. The summed E-state index contributed by atoms with van der Waals surface area (Å²) >= 11 is 1.55. The largest absolute Gasteiger partial charge is 0.421 e. The number of carbonyl (C=O) groups excluding carboxylic acids is 2. The van der Waals surface area contributed by atoms with Crippen molar-refractivity contribution in [3.63, 3.8) is 0 Å². The molecule has 0 aromatic carbocycles. The minimum absolute atomic E-state index is 0.0558. The van der Waals surface area contributed by atoms with Crippen LogP contribution in [0.15, 0.2) is 21.2 Å². The molecule has 0 saturated heterocycles. The highest BCUT2D eigenvalue weighted by molar-refractivity contribution is 7.08. The van der Waals surface area contributed by atoms with Crippen LogP contribution in [0.5, 0.6) is 0 Å². The van der Waals surface area contributed by atoms with Crippen LogP contribution in [0.25, 0.3) is 11.5 Å². The first kappa shape index (κ1) is 18.1. The Labute approximate surface area is 145 Å². The molecule has 0 atom stereocenters. The Bertz CT molecular complexity index is 667. The van der Waals surface area contributed by atoms with Gasteiger partial charge in [0.05, 0.1) is 6.54 Å². The number of rotatable bonds is 8. The fraction of sp³-hybridized carbons (Fsp3) is 0.500. The number of nitrogens with one attached hydrogen (secondary N) is 1. The second-order valence-electron chi connectivity index (χ2n) is 5.64. The van der Waals surface area contributed by atoms with E-state index in [1.165, 1.54) is 4.90 Å². The van der Waals surface area contributed by atoms with Crippen molar-refractivity contribution in [1.29, 1.82) is 0 Å². The van der Waals surface area contributed by atoms with E-state index in [2.05, 4.69) is 15.5 Å². The summed E-state index contributed by atoms with van der Waals surface area (Å²) in [6.07, 6.45) is 0.590. The number of nitrogens with zero attached hydrogens (tertiary/aromatic N) is 3. The SMILES string of the molecule is CCN(CC(=O)NC(C)C)C(=O)CCc1nnc(-c2ccsc2)o1. The third kappa shape index (κ3) is 5.16. The second kappa shape index (κ2) is 8.58. The van der Waals surface area contributed by atoms with Gasteiger partial charge in [-0.2, -0.15) is 11.3 Å². The summed E-state index contributed by atoms with van der Waals surface area (Å²) in [6, 6.07) is 1.96. The van der Waals surface area contributed by atoms with E-state index in [-0.39, 0.29) is 30.8 Å². The lowest BCUT2D eigenvalue weighted by Gasteiger charge is -2.20. The lowest BCUT2D eigenvalue weighted by Crippen LogP contribution is -2.42. The Morgan fingerprint density at radius 1 is 1.38 bits per heavy atom. The van der Waals surface area contributed by atoms with Gasteiger partial charge in [-0.05, 0) is 32.2 Å². The smallest absolute Gasteiger partial charge is 0.248 e. The topological polar surface area (TPSA) is 88.3 Å². The molecule has 0 saturated carbocycles. The van der Waals surface area contributed by atoms with Crippen LogP contribution in [0.4, 0.5) is 0 Å². The number of hydrogen-bond donors (Lipinski definition) is 1. The zero-order valence-electron chi connectivity index (χ0n) is 14.1. The standard InChI is InChI=1S/C16H22N4O3S/c1-4-20(9-13(21)17-11(2)3)15(22)6-5-14-18-19-16(23-14)12-7-8-24-10-12/h7-8,10-11H,4-6,9H2,1-3H3,(H,17,21). The minimum atomic E-state index is -0.155. The van der Waals surface area contributed by atoms with E-state index >= 15 is 0 Å². The van der Waals surface area contributed by atoms with E-state index in [9.17, 15) is 9.59 Å². The molecule has 8 heteroatoms. The lowest BCUT2D eigenvalue weighted by atomic mass is 10.2. The lowest BCUT2D eigenvalue weighted by molar-refractivity contribution is -0.136. The molecule has 2 rings (SSSR count). The summed E-state index contributed by atoms with van der Waals surface area (Å²) in [5.74, 6) is 0.624.